The predicted octanol–water partition coefficient (Wildman–Crippen LogP) is 2.11. The van der Waals surface area contributed by atoms with E-state index in [4.69, 9.17) is 16.7 Å². The van der Waals surface area contributed by atoms with Crippen LogP contribution in [0.5, 0.6) is 5.75 Å². The van der Waals surface area contributed by atoms with E-state index in [1.54, 1.807) is 12.1 Å². The molecule has 1 heterocycles. The highest BCUT2D eigenvalue weighted by molar-refractivity contribution is 6.31. The van der Waals surface area contributed by atoms with Crippen LogP contribution in [0.3, 0.4) is 0 Å². The summed E-state index contributed by atoms with van der Waals surface area (Å²) in [5, 5.41) is 21.4. The summed E-state index contributed by atoms with van der Waals surface area (Å²) in [4.78, 5) is 15.8. The number of carbonyl (C=O) groups excluding carboxylic acids is 1. The van der Waals surface area contributed by atoms with Gasteiger partial charge in [-0.05, 0) is 23.8 Å². The number of anilines is 1. The number of aromatic hydroxyl groups is 1. The SMILES string of the molecule is O=C(Cc1ccc(O)cc1Cl)Nc1cnccc1CO. The normalized spacial score (nSPS) is 10.3. The van der Waals surface area contributed by atoms with Gasteiger partial charge in [0.2, 0.25) is 5.91 Å². The lowest BCUT2D eigenvalue weighted by Gasteiger charge is -2.09. The van der Waals surface area contributed by atoms with Gasteiger partial charge in [-0.1, -0.05) is 17.7 Å². The first-order chi connectivity index (χ1) is 9.60. The number of pyridine rings is 1. The molecule has 104 valence electrons. The van der Waals surface area contributed by atoms with Crippen LogP contribution in [0.4, 0.5) is 5.69 Å². The van der Waals surface area contributed by atoms with E-state index in [1.165, 1.54) is 24.5 Å². The summed E-state index contributed by atoms with van der Waals surface area (Å²) in [5.74, 6) is -0.228. The van der Waals surface area contributed by atoms with E-state index in [-0.39, 0.29) is 24.7 Å². The van der Waals surface area contributed by atoms with E-state index in [0.717, 1.165) is 0 Å². The zero-order chi connectivity index (χ0) is 14.5. The fourth-order valence-electron chi connectivity index (χ4n) is 1.72. The minimum absolute atomic E-state index is 0.0500. The van der Waals surface area contributed by atoms with Crippen molar-refractivity contribution in [2.75, 3.05) is 5.32 Å². The van der Waals surface area contributed by atoms with Gasteiger partial charge in [0.15, 0.2) is 0 Å². The highest BCUT2D eigenvalue weighted by Crippen LogP contribution is 2.22. The number of nitrogens with zero attached hydrogens (tertiary/aromatic N) is 1. The number of halogens is 1. The van der Waals surface area contributed by atoms with Crippen LogP contribution in [0, 0.1) is 0 Å². The number of benzene rings is 1. The smallest absolute Gasteiger partial charge is 0.228 e. The van der Waals surface area contributed by atoms with Crippen LogP contribution < -0.4 is 5.32 Å². The highest BCUT2D eigenvalue weighted by atomic mass is 35.5. The molecule has 0 radical (unpaired) electrons. The average Bonchev–Trinajstić information content (AvgIpc) is 2.42. The number of carbonyl (C=O) groups is 1. The predicted molar refractivity (Wildman–Crippen MR) is 75.6 cm³/mol. The molecule has 1 aromatic carbocycles. The first kappa shape index (κ1) is 14.3. The van der Waals surface area contributed by atoms with Gasteiger partial charge in [-0.15, -0.1) is 0 Å². The van der Waals surface area contributed by atoms with Crippen molar-refractivity contribution in [2.45, 2.75) is 13.0 Å². The lowest BCUT2D eigenvalue weighted by molar-refractivity contribution is -0.115. The summed E-state index contributed by atoms with van der Waals surface area (Å²) < 4.78 is 0. The second kappa shape index (κ2) is 6.36. The first-order valence-electron chi connectivity index (χ1n) is 5.91. The van der Waals surface area contributed by atoms with E-state index in [0.29, 0.717) is 21.8 Å². The number of phenols is 1. The molecular formula is C14H13ClN2O3. The van der Waals surface area contributed by atoms with Gasteiger partial charge in [-0.2, -0.15) is 0 Å². The van der Waals surface area contributed by atoms with Crippen molar-refractivity contribution in [1.82, 2.24) is 4.98 Å². The van der Waals surface area contributed by atoms with Crippen LogP contribution in [-0.2, 0) is 17.8 Å². The molecule has 0 bridgehead atoms. The summed E-state index contributed by atoms with van der Waals surface area (Å²) in [5.41, 5.74) is 1.66. The van der Waals surface area contributed by atoms with Gasteiger partial charge in [-0.25, -0.2) is 0 Å². The zero-order valence-electron chi connectivity index (χ0n) is 10.5. The van der Waals surface area contributed by atoms with E-state index in [9.17, 15) is 9.90 Å². The van der Waals surface area contributed by atoms with Gasteiger partial charge < -0.3 is 15.5 Å². The summed E-state index contributed by atoms with van der Waals surface area (Å²) in [7, 11) is 0. The first-order valence-corrected chi connectivity index (χ1v) is 6.29. The van der Waals surface area contributed by atoms with Crippen LogP contribution in [0.1, 0.15) is 11.1 Å². The maximum absolute atomic E-state index is 11.9. The van der Waals surface area contributed by atoms with Crippen molar-refractivity contribution in [2.24, 2.45) is 0 Å². The van der Waals surface area contributed by atoms with Gasteiger partial charge >= 0.3 is 0 Å². The number of nitrogens with one attached hydrogen (secondary N) is 1. The van der Waals surface area contributed by atoms with Crippen LogP contribution in [0.25, 0.3) is 0 Å². The van der Waals surface area contributed by atoms with Crippen molar-refractivity contribution >= 4 is 23.2 Å². The van der Waals surface area contributed by atoms with E-state index in [1.807, 2.05) is 0 Å². The molecule has 0 unspecified atom stereocenters. The summed E-state index contributed by atoms with van der Waals surface area (Å²) in [6, 6.07) is 6.07. The molecule has 0 aliphatic rings. The van der Waals surface area contributed by atoms with Gasteiger partial charge in [0.1, 0.15) is 5.75 Å². The van der Waals surface area contributed by atoms with Crippen LogP contribution >= 0.6 is 11.6 Å². The van der Waals surface area contributed by atoms with Crippen molar-refractivity contribution in [1.29, 1.82) is 0 Å². The third-order valence-electron chi connectivity index (χ3n) is 2.74. The number of aromatic nitrogens is 1. The molecule has 2 aromatic rings. The number of amides is 1. The number of aliphatic hydroxyl groups excluding tert-OH is 1. The summed E-state index contributed by atoms with van der Waals surface area (Å²) in [6.07, 6.45) is 3.08. The lowest BCUT2D eigenvalue weighted by atomic mass is 10.1. The Hall–Kier alpha value is -2.11. The van der Waals surface area contributed by atoms with Crippen LogP contribution in [-0.4, -0.2) is 21.1 Å². The second-order valence-electron chi connectivity index (χ2n) is 4.19. The molecule has 6 heteroatoms. The standard InChI is InChI=1S/C14H13ClN2O3/c15-12-6-11(19)2-1-9(12)5-14(20)17-13-7-16-4-3-10(13)8-18/h1-4,6-7,18-19H,5,8H2,(H,17,20). The summed E-state index contributed by atoms with van der Waals surface area (Å²) >= 11 is 5.94. The molecule has 1 aromatic heterocycles. The van der Waals surface area contributed by atoms with Crippen LogP contribution in [0.15, 0.2) is 36.7 Å². The number of aliphatic hydroxyl groups is 1. The number of hydrogen-bond acceptors (Lipinski definition) is 4. The Kier molecular flexibility index (Phi) is 4.55. The fraction of sp³-hybridized carbons (Fsp3) is 0.143. The Morgan fingerprint density at radius 1 is 1.30 bits per heavy atom. The Morgan fingerprint density at radius 3 is 2.80 bits per heavy atom. The molecule has 0 saturated heterocycles. The third-order valence-corrected chi connectivity index (χ3v) is 3.10. The van der Waals surface area contributed by atoms with Crippen molar-refractivity contribution in [3.05, 3.63) is 52.8 Å². The van der Waals surface area contributed by atoms with E-state index >= 15 is 0 Å². The molecule has 3 N–H and O–H groups in total. The lowest BCUT2D eigenvalue weighted by Crippen LogP contribution is -2.16. The van der Waals surface area contributed by atoms with Gasteiger partial charge in [0, 0.05) is 16.8 Å². The Labute approximate surface area is 120 Å². The molecule has 1 amide bonds. The number of rotatable bonds is 4. The highest BCUT2D eigenvalue weighted by Gasteiger charge is 2.10. The molecule has 0 atom stereocenters. The number of phenolic OH excluding ortho intramolecular Hbond substituents is 1. The maximum atomic E-state index is 11.9. The van der Waals surface area contributed by atoms with E-state index < -0.39 is 0 Å². The molecule has 0 spiro atoms. The minimum atomic E-state index is -0.278. The molecule has 0 aliphatic carbocycles. The minimum Gasteiger partial charge on any atom is -0.508 e. The largest absolute Gasteiger partial charge is 0.508 e. The molecule has 2 rings (SSSR count). The topological polar surface area (TPSA) is 82.5 Å². The number of hydrogen-bond donors (Lipinski definition) is 3. The molecule has 0 aliphatic heterocycles. The Bertz CT molecular complexity index is 632. The average molecular weight is 293 g/mol. The van der Waals surface area contributed by atoms with E-state index in [2.05, 4.69) is 10.3 Å². The molecular weight excluding hydrogens is 280 g/mol. The van der Waals surface area contributed by atoms with Crippen molar-refractivity contribution < 1.29 is 15.0 Å². The summed E-state index contributed by atoms with van der Waals surface area (Å²) in [6.45, 7) is -0.182. The Morgan fingerprint density at radius 2 is 2.10 bits per heavy atom. The fourth-order valence-corrected chi connectivity index (χ4v) is 1.96. The van der Waals surface area contributed by atoms with Crippen molar-refractivity contribution in [3.63, 3.8) is 0 Å². The monoisotopic (exact) mass is 292 g/mol. The van der Waals surface area contributed by atoms with Crippen LogP contribution in [0.2, 0.25) is 5.02 Å². The van der Waals surface area contributed by atoms with Gasteiger partial charge in [0.25, 0.3) is 0 Å². The van der Waals surface area contributed by atoms with Gasteiger partial charge in [0.05, 0.1) is 24.9 Å². The Balaban J connectivity index is 2.09. The quantitative estimate of drug-likeness (QED) is 0.806. The molecule has 5 nitrogen and oxygen atoms in total. The third kappa shape index (κ3) is 3.46. The van der Waals surface area contributed by atoms with Gasteiger partial charge in [-0.3, -0.25) is 9.78 Å². The van der Waals surface area contributed by atoms with Crippen molar-refractivity contribution in [3.8, 4) is 5.75 Å². The molecule has 0 fully saturated rings. The zero-order valence-corrected chi connectivity index (χ0v) is 11.3. The molecule has 0 saturated carbocycles. The second-order valence-corrected chi connectivity index (χ2v) is 4.60. The maximum Gasteiger partial charge on any atom is 0.228 e. The molecule has 20 heavy (non-hydrogen) atoms.